The highest BCUT2D eigenvalue weighted by Gasteiger charge is 2.15. The summed E-state index contributed by atoms with van der Waals surface area (Å²) in [5, 5.41) is 2.33. The molecule has 1 atom stereocenters. The van der Waals surface area contributed by atoms with Gasteiger partial charge in [0.05, 0.1) is 11.9 Å². The van der Waals surface area contributed by atoms with Crippen LogP contribution in [0, 0.1) is 5.82 Å². The molecule has 1 amide bonds. The zero-order valence-corrected chi connectivity index (χ0v) is 11.2. The minimum atomic E-state index is -0.406. The van der Waals surface area contributed by atoms with E-state index in [9.17, 15) is 9.18 Å². The van der Waals surface area contributed by atoms with Gasteiger partial charge in [-0.3, -0.25) is 4.79 Å². The van der Waals surface area contributed by atoms with Crippen molar-refractivity contribution in [2.24, 2.45) is 0 Å². The molecule has 0 aliphatic rings. The fraction of sp³-hybridized carbons (Fsp3) is 0.417. The van der Waals surface area contributed by atoms with Gasteiger partial charge in [-0.2, -0.15) is 0 Å². The Bertz CT molecular complexity index is 415. The van der Waals surface area contributed by atoms with Gasteiger partial charge in [-0.1, -0.05) is 0 Å². The van der Waals surface area contributed by atoms with Crippen LogP contribution in [0.4, 0.5) is 10.1 Å². The normalized spacial score (nSPS) is 12.2. The third-order valence-corrected chi connectivity index (χ3v) is 3.39. The number of amides is 1. The largest absolute Gasteiger partial charge is 0.399 e. The summed E-state index contributed by atoms with van der Waals surface area (Å²) in [6.45, 7) is 2.63. The highest BCUT2D eigenvalue weighted by Crippen LogP contribution is 2.27. The summed E-state index contributed by atoms with van der Waals surface area (Å²) in [6.07, 6.45) is 0. The van der Waals surface area contributed by atoms with Crippen molar-refractivity contribution in [1.82, 2.24) is 5.32 Å². The summed E-state index contributed by atoms with van der Waals surface area (Å²) in [7, 11) is 1.56. The van der Waals surface area contributed by atoms with E-state index in [1.54, 1.807) is 26.2 Å². The van der Waals surface area contributed by atoms with Crippen LogP contribution in [-0.2, 0) is 9.53 Å². The first kappa shape index (κ1) is 14.8. The number of thioether (sulfide) groups is 1. The van der Waals surface area contributed by atoms with Crippen molar-refractivity contribution in [2.45, 2.75) is 17.1 Å². The van der Waals surface area contributed by atoms with Crippen LogP contribution in [0.1, 0.15) is 6.92 Å². The molecule has 6 heteroatoms. The van der Waals surface area contributed by atoms with Crippen LogP contribution in [0.25, 0.3) is 0 Å². The van der Waals surface area contributed by atoms with Crippen molar-refractivity contribution in [3.8, 4) is 0 Å². The molecule has 0 spiro atoms. The summed E-state index contributed by atoms with van der Waals surface area (Å²) in [5.74, 6) is -0.551. The molecule has 0 fully saturated rings. The zero-order valence-electron chi connectivity index (χ0n) is 10.4. The number of nitrogens with two attached hydrogens (primary N) is 1. The van der Waals surface area contributed by atoms with Crippen molar-refractivity contribution in [2.75, 3.05) is 26.0 Å². The number of halogens is 1. The molecule has 0 saturated carbocycles. The first-order valence-corrected chi connectivity index (χ1v) is 6.41. The molecule has 3 N–H and O–H groups in total. The van der Waals surface area contributed by atoms with Crippen molar-refractivity contribution in [1.29, 1.82) is 0 Å². The molecular formula is C12H17FN2O2S. The molecular weight excluding hydrogens is 255 g/mol. The van der Waals surface area contributed by atoms with E-state index in [0.717, 1.165) is 11.8 Å². The van der Waals surface area contributed by atoms with Gasteiger partial charge >= 0.3 is 0 Å². The average Bonchev–Trinajstić information content (AvgIpc) is 2.32. The van der Waals surface area contributed by atoms with Crippen molar-refractivity contribution in [3.63, 3.8) is 0 Å². The van der Waals surface area contributed by atoms with Crippen molar-refractivity contribution < 1.29 is 13.9 Å². The molecule has 1 rings (SSSR count). The molecule has 0 aromatic heterocycles. The van der Waals surface area contributed by atoms with E-state index in [1.165, 1.54) is 6.07 Å². The number of hydrogen-bond donors (Lipinski definition) is 2. The fourth-order valence-corrected chi connectivity index (χ4v) is 2.17. The second kappa shape index (κ2) is 7.23. The van der Waals surface area contributed by atoms with E-state index in [2.05, 4.69) is 5.32 Å². The minimum Gasteiger partial charge on any atom is -0.399 e. The van der Waals surface area contributed by atoms with Gasteiger partial charge in [0.2, 0.25) is 5.91 Å². The van der Waals surface area contributed by atoms with Gasteiger partial charge in [0.15, 0.2) is 0 Å². The lowest BCUT2D eigenvalue weighted by Gasteiger charge is -2.12. The number of carbonyl (C=O) groups is 1. The number of anilines is 1. The number of nitrogens with one attached hydrogen (secondary N) is 1. The Hall–Kier alpha value is -1.27. The van der Waals surface area contributed by atoms with Gasteiger partial charge in [-0.25, -0.2) is 4.39 Å². The quantitative estimate of drug-likeness (QED) is 0.469. The maximum absolute atomic E-state index is 13.5. The van der Waals surface area contributed by atoms with Crippen LogP contribution in [0.15, 0.2) is 23.1 Å². The summed E-state index contributed by atoms with van der Waals surface area (Å²) in [5.41, 5.74) is 5.83. The Morgan fingerprint density at radius 3 is 2.94 bits per heavy atom. The first-order valence-electron chi connectivity index (χ1n) is 5.53. The monoisotopic (exact) mass is 272 g/mol. The summed E-state index contributed by atoms with van der Waals surface area (Å²) < 4.78 is 18.4. The van der Waals surface area contributed by atoms with E-state index in [4.69, 9.17) is 10.5 Å². The van der Waals surface area contributed by atoms with Crippen LogP contribution in [0.5, 0.6) is 0 Å². The maximum atomic E-state index is 13.5. The number of carbonyl (C=O) groups excluding carboxylic acids is 1. The molecule has 0 heterocycles. The highest BCUT2D eigenvalue weighted by atomic mass is 32.2. The maximum Gasteiger partial charge on any atom is 0.233 e. The predicted octanol–water partition coefficient (Wildman–Crippen LogP) is 1.65. The Morgan fingerprint density at radius 1 is 1.61 bits per heavy atom. The van der Waals surface area contributed by atoms with Crippen LogP contribution in [0.3, 0.4) is 0 Å². The van der Waals surface area contributed by atoms with E-state index >= 15 is 0 Å². The van der Waals surface area contributed by atoms with Crippen molar-refractivity contribution >= 4 is 23.4 Å². The Balaban J connectivity index is 2.53. The van der Waals surface area contributed by atoms with E-state index in [-0.39, 0.29) is 11.2 Å². The summed E-state index contributed by atoms with van der Waals surface area (Å²) >= 11 is 1.16. The topological polar surface area (TPSA) is 64.3 Å². The number of methoxy groups -OCH3 is 1. The molecule has 1 unspecified atom stereocenters. The Labute approximate surface area is 110 Å². The lowest BCUT2D eigenvalue weighted by atomic mass is 10.3. The van der Waals surface area contributed by atoms with Gasteiger partial charge in [-0.05, 0) is 25.1 Å². The standard InChI is InChI=1S/C12H17FN2O2S/c1-8(12(16)15-5-6-17-2)18-11-4-3-9(14)7-10(11)13/h3-4,7-8H,5-6,14H2,1-2H3,(H,15,16). The number of benzene rings is 1. The van der Waals surface area contributed by atoms with E-state index in [1.807, 2.05) is 0 Å². The number of rotatable bonds is 6. The first-order chi connectivity index (χ1) is 8.54. The summed E-state index contributed by atoms with van der Waals surface area (Å²) in [4.78, 5) is 12.1. The van der Waals surface area contributed by atoms with Crippen LogP contribution < -0.4 is 11.1 Å². The number of hydrogen-bond acceptors (Lipinski definition) is 4. The van der Waals surface area contributed by atoms with Gasteiger partial charge in [0.1, 0.15) is 5.82 Å². The fourth-order valence-electron chi connectivity index (χ4n) is 1.28. The molecule has 0 saturated heterocycles. The zero-order chi connectivity index (χ0) is 13.5. The third-order valence-electron chi connectivity index (χ3n) is 2.23. The van der Waals surface area contributed by atoms with E-state index in [0.29, 0.717) is 23.7 Å². The lowest BCUT2D eigenvalue weighted by molar-refractivity contribution is -0.120. The summed E-state index contributed by atoms with van der Waals surface area (Å²) in [6, 6.07) is 4.44. The molecule has 0 bridgehead atoms. The van der Waals surface area contributed by atoms with Crippen LogP contribution in [-0.4, -0.2) is 31.4 Å². The molecule has 100 valence electrons. The van der Waals surface area contributed by atoms with Gasteiger partial charge in [-0.15, -0.1) is 11.8 Å². The second-order valence-electron chi connectivity index (χ2n) is 3.73. The van der Waals surface area contributed by atoms with Crippen LogP contribution in [0.2, 0.25) is 0 Å². The van der Waals surface area contributed by atoms with Crippen molar-refractivity contribution in [3.05, 3.63) is 24.0 Å². The SMILES string of the molecule is COCCNC(=O)C(C)Sc1ccc(N)cc1F. The Kier molecular flexibility index (Phi) is 5.94. The molecule has 0 aliphatic carbocycles. The average molecular weight is 272 g/mol. The predicted molar refractivity (Wildman–Crippen MR) is 71.0 cm³/mol. The highest BCUT2D eigenvalue weighted by molar-refractivity contribution is 8.00. The number of ether oxygens (including phenoxy) is 1. The van der Waals surface area contributed by atoms with Crippen LogP contribution >= 0.6 is 11.8 Å². The number of nitrogen functional groups attached to an aromatic ring is 1. The van der Waals surface area contributed by atoms with E-state index < -0.39 is 5.82 Å². The molecule has 1 aromatic carbocycles. The molecule has 4 nitrogen and oxygen atoms in total. The van der Waals surface area contributed by atoms with Gasteiger partial charge in [0.25, 0.3) is 0 Å². The smallest absolute Gasteiger partial charge is 0.233 e. The Morgan fingerprint density at radius 2 is 2.33 bits per heavy atom. The van der Waals surface area contributed by atoms with Gasteiger partial charge in [0, 0.05) is 24.2 Å². The second-order valence-corrected chi connectivity index (χ2v) is 5.12. The lowest BCUT2D eigenvalue weighted by Crippen LogP contribution is -2.33. The molecule has 0 aliphatic heterocycles. The molecule has 0 radical (unpaired) electrons. The van der Waals surface area contributed by atoms with Gasteiger partial charge < -0.3 is 15.8 Å². The molecule has 18 heavy (non-hydrogen) atoms. The minimum absolute atomic E-state index is 0.145. The molecule has 1 aromatic rings. The third kappa shape index (κ3) is 4.54.